The Morgan fingerprint density at radius 3 is 2.82 bits per heavy atom. The van der Waals surface area contributed by atoms with Gasteiger partial charge in [0.1, 0.15) is 6.04 Å². The summed E-state index contributed by atoms with van der Waals surface area (Å²) in [5.74, 6) is -0.417. The number of benzene rings is 1. The Labute approximate surface area is 99.4 Å². The fraction of sp³-hybridized carbons (Fsp3) is 0.231. The van der Waals surface area contributed by atoms with Crippen molar-refractivity contribution in [2.75, 3.05) is 7.11 Å². The van der Waals surface area contributed by atoms with Gasteiger partial charge in [0.2, 0.25) is 0 Å². The number of nitrogens with zero attached hydrogens (tertiary/aromatic N) is 1. The van der Waals surface area contributed by atoms with E-state index in [1.54, 1.807) is 6.20 Å². The van der Waals surface area contributed by atoms with Crippen LogP contribution < -0.4 is 5.73 Å². The molecule has 4 nitrogen and oxygen atoms in total. The summed E-state index contributed by atoms with van der Waals surface area (Å²) in [5, 5.41) is 2.16. The number of fused-ring (bicyclic) bond motifs is 1. The second kappa shape index (κ2) is 4.93. The van der Waals surface area contributed by atoms with Crippen LogP contribution in [0.25, 0.3) is 10.8 Å². The summed E-state index contributed by atoms with van der Waals surface area (Å²) in [6.07, 6.45) is 2.17. The molecule has 1 aromatic carbocycles. The van der Waals surface area contributed by atoms with Crippen molar-refractivity contribution in [3.8, 4) is 0 Å². The predicted molar refractivity (Wildman–Crippen MR) is 65.4 cm³/mol. The molecule has 0 aliphatic carbocycles. The third-order valence-corrected chi connectivity index (χ3v) is 2.62. The lowest BCUT2D eigenvalue weighted by molar-refractivity contribution is -0.142. The number of hydrogen-bond acceptors (Lipinski definition) is 4. The standard InChI is InChI=1S/C13H14N2O2/c1-17-13(16)12(14)7-11-6-9-4-2-3-5-10(9)8-15-11/h2-6,8,12H,7,14H2,1H3/t12-/m0/s1. The molecule has 17 heavy (non-hydrogen) atoms. The van der Waals surface area contributed by atoms with Gasteiger partial charge in [0.25, 0.3) is 0 Å². The molecule has 2 rings (SSSR count). The van der Waals surface area contributed by atoms with E-state index in [0.29, 0.717) is 6.42 Å². The molecular weight excluding hydrogens is 216 g/mol. The van der Waals surface area contributed by atoms with E-state index in [1.807, 2.05) is 30.3 Å². The molecule has 0 aliphatic rings. The Morgan fingerprint density at radius 2 is 2.12 bits per heavy atom. The monoisotopic (exact) mass is 230 g/mol. The quantitative estimate of drug-likeness (QED) is 0.807. The topological polar surface area (TPSA) is 65.2 Å². The van der Waals surface area contributed by atoms with E-state index >= 15 is 0 Å². The van der Waals surface area contributed by atoms with Crippen LogP contribution in [-0.2, 0) is 16.0 Å². The lowest BCUT2D eigenvalue weighted by atomic mass is 10.1. The van der Waals surface area contributed by atoms with E-state index in [1.165, 1.54) is 7.11 Å². The third kappa shape index (κ3) is 2.60. The summed E-state index contributed by atoms with van der Waals surface area (Å²) in [6.45, 7) is 0. The van der Waals surface area contributed by atoms with Crippen LogP contribution in [-0.4, -0.2) is 24.1 Å². The second-order valence-electron chi connectivity index (χ2n) is 3.86. The van der Waals surface area contributed by atoms with Crippen molar-refractivity contribution in [3.05, 3.63) is 42.2 Å². The molecule has 0 bridgehead atoms. The van der Waals surface area contributed by atoms with Gasteiger partial charge in [-0.2, -0.15) is 0 Å². The van der Waals surface area contributed by atoms with E-state index in [9.17, 15) is 4.79 Å². The summed E-state index contributed by atoms with van der Waals surface area (Å²) in [5.41, 5.74) is 6.48. The summed E-state index contributed by atoms with van der Waals surface area (Å²) in [6, 6.07) is 9.21. The van der Waals surface area contributed by atoms with Gasteiger partial charge >= 0.3 is 5.97 Å². The van der Waals surface area contributed by atoms with Crippen LogP contribution in [0, 0.1) is 0 Å². The van der Waals surface area contributed by atoms with Crippen molar-refractivity contribution in [1.82, 2.24) is 4.98 Å². The molecule has 0 radical (unpaired) electrons. The zero-order valence-electron chi connectivity index (χ0n) is 9.59. The number of nitrogens with two attached hydrogens (primary N) is 1. The highest BCUT2D eigenvalue weighted by Crippen LogP contribution is 2.14. The van der Waals surface area contributed by atoms with E-state index < -0.39 is 12.0 Å². The summed E-state index contributed by atoms with van der Waals surface area (Å²) in [4.78, 5) is 15.5. The van der Waals surface area contributed by atoms with Gasteiger partial charge < -0.3 is 10.5 Å². The largest absolute Gasteiger partial charge is 0.468 e. The molecule has 0 saturated carbocycles. The molecule has 2 aromatic rings. The van der Waals surface area contributed by atoms with Gasteiger partial charge in [-0.15, -0.1) is 0 Å². The summed E-state index contributed by atoms with van der Waals surface area (Å²) >= 11 is 0. The summed E-state index contributed by atoms with van der Waals surface area (Å²) < 4.78 is 4.58. The fourth-order valence-electron chi connectivity index (χ4n) is 1.70. The van der Waals surface area contributed by atoms with Crippen molar-refractivity contribution in [1.29, 1.82) is 0 Å². The number of rotatable bonds is 3. The molecule has 1 atom stereocenters. The van der Waals surface area contributed by atoms with Crippen LogP contribution in [0.4, 0.5) is 0 Å². The highest BCUT2D eigenvalue weighted by molar-refractivity contribution is 5.82. The van der Waals surface area contributed by atoms with Crippen molar-refractivity contribution in [2.45, 2.75) is 12.5 Å². The minimum atomic E-state index is -0.659. The van der Waals surface area contributed by atoms with Crippen LogP contribution >= 0.6 is 0 Å². The maximum Gasteiger partial charge on any atom is 0.323 e. The fourth-order valence-corrected chi connectivity index (χ4v) is 1.70. The molecular formula is C13H14N2O2. The van der Waals surface area contributed by atoms with Crippen molar-refractivity contribution in [3.63, 3.8) is 0 Å². The smallest absolute Gasteiger partial charge is 0.323 e. The zero-order chi connectivity index (χ0) is 12.3. The summed E-state index contributed by atoms with van der Waals surface area (Å²) in [7, 11) is 1.33. The molecule has 4 heteroatoms. The highest BCUT2D eigenvalue weighted by atomic mass is 16.5. The first kappa shape index (κ1) is 11.5. The van der Waals surface area contributed by atoms with Gasteiger partial charge in [-0.05, 0) is 11.5 Å². The number of ether oxygens (including phenoxy) is 1. The van der Waals surface area contributed by atoms with Crippen LogP contribution in [0.3, 0.4) is 0 Å². The normalized spacial score (nSPS) is 12.4. The predicted octanol–water partition coefficient (Wildman–Crippen LogP) is 1.28. The van der Waals surface area contributed by atoms with Gasteiger partial charge in [-0.3, -0.25) is 9.78 Å². The molecule has 1 aromatic heterocycles. The molecule has 1 heterocycles. The lowest BCUT2D eigenvalue weighted by Gasteiger charge is -2.08. The van der Waals surface area contributed by atoms with Gasteiger partial charge in [-0.25, -0.2) is 0 Å². The number of pyridine rings is 1. The Kier molecular flexibility index (Phi) is 3.35. The molecule has 0 saturated heterocycles. The van der Waals surface area contributed by atoms with E-state index in [2.05, 4.69) is 9.72 Å². The van der Waals surface area contributed by atoms with Crippen LogP contribution in [0.15, 0.2) is 36.5 Å². The molecule has 0 unspecified atom stereocenters. The first-order chi connectivity index (χ1) is 8.20. The average molecular weight is 230 g/mol. The zero-order valence-corrected chi connectivity index (χ0v) is 9.59. The minimum Gasteiger partial charge on any atom is -0.468 e. The molecule has 0 aliphatic heterocycles. The third-order valence-electron chi connectivity index (χ3n) is 2.62. The molecule has 0 spiro atoms. The average Bonchev–Trinajstić information content (AvgIpc) is 2.37. The number of carbonyl (C=O) groups excluding carboxylic acids is 1. The molecule has 0 amide bonds. The SMILES string of the molecule is COC(=O)[C@@H](N)Cc1cc2ccccc2cn1. The van der Waals surface area contributed by atoms with E-state index in [-0.39, 0.29) is 0 Å². The maximum absolute atomic E-state index is 11.2. The Balaban J connectivity index is 2.22. The van der Waals surface area contributed by atoms with Crippen molar-refractivity contribution >= 4 is 16.7 Å². The van der Waals surface area contributed by atoms with Crippen molar-refractivity contribution in [2.24, 2.45) is 5.73 Å². The van der Waals surface area contributed by atoms with E-state index in [4.69, 9.17) is 5.73 Å². The van der Waals surface area contributed by atoms with Gasteiger partial charge in [0, 0.05) is 23.7 Å². The first-order valence-electron chi connectivity index (χ1n) is 5.38. The second-order valence-corrected chi connectivity index (χ2v) is 3.86. The maximum atomic E-state index is 11.2. The van der Waals surface area contributed by atoms with Crippen molar-refractivity contribution < 1.29 is 9.53 Å². The molecule has 2 N–H and O–H groups in total. The number of esters is 1. The number of hydrogen-bond donors (Lipinski definition) is 1. The van der Waals surface area contributed by atoms with Crippen LogP contribution in [0.5, 0.6) is 0 Å². The molecule has 88 valence electrons. The van der Waals surface area contributed by atoms with E-state index in [0.717, 1.165) is 16.5 Å². The van der Waals surface area contributed by atoms with Gasteiger partial charge in [0.15, 0.2) is 0 Å². The number of methoxy groups -OCH3 is 1. The van der Waals surface area contributed by atoms with Gasteiger partial charge in [-0.1, -0.05) is 24.3 Å². The minimum absolute atomic E-state index is 0.386. The van der Waals surface area contributed by atoms with Crippen LogP contribution in [0.2, 0.25) is 0 Å². The van der Waals surface area contributed by atoms with Gasteiger partial charge in [0.05, 0.1) is 7.11 Å². The highest BCUT2D eigenvalue weighted by Gasteiger charge is 2.14. The molecule has 0 fully saturated rings. The number of aromatic nitrogens is 1. The Bertz CT molecular complexity index is 540. The Morgan fingerprint density at radius 1 is 1.41 bits per heavy atom. The number of carbonyl (C=O) groups is 1. The first-order valence-corrected chi connectivity index (χ1v) is 5.38. The lowest BCUT2D eigenvalue weighted by Crippen LogP contribution is -2.33. The Hall–Kier alpha value is -1.94. The van der Waals surface area contributed by atoms with Crippen LogP contribution in [0.1, 0.15) is 5.69 Å².